The lowest BCUT2D eigenvalue weighted by atomic mass is 9.63. The summed E-state index contributed by atoms with van der Waals surface area (Å²) in [5.41, 5.74) is 6.25. The van der Waals surface area contributed by atoms with Crippen LogP contribution in [-0.4, -0.2) is 13.1 Å². The SMILES string of the molecule is CC1(C)CCC(C)(C)c2cc(NCC3=CNCC=CC3)ccc21. The Labute approximate surface area is 141 Å². The lowest BCUT2D eigenvalue weighted by Crippen LogP contribution is -2.33. The van der Waals surface area contributed by atoms with E-state index in [-0.39, 0.29) is 5.41 Å². The predicted octanol–water partition coefficient (Wildman–Crippen LogP) is 4.88. The van der Waals surface area contributed by atoms with Crippen molar-refractivity contribution in [3.8, 4) is 0 Å². The van der Waals surface area contributed by atoms with Gasteiger partial charge in [0.05, 0.1) is 0 Å². The van der Waals surface area contributed by atoms with E-state index >= 15 is 0 Å². The lowest BCUT2D eigenvalue weighted by molar-refractivity contribution is 0.332. The fourth-order valence-electron chi connectivity index (χ4n) is 3.69. The summed E-state index contributed by atoms with van der Waals surface area (Å²) in [6.07, 6.45) is 10.1. The number of fused-ring (bicyclic) bond motifs is 1. The van der Waals surface area contributed by atoms with Crippen molar-refractivity contribution in [1.82, 2.24) is 5.32 Å². The maximum absolute atomic E-state index is 3.62. The molecule has 2 aliphatic rings. The van der Waals surface area contributed by atoms with Gasteiger partial charge in [-0.25, -0.2) is 0 Å². The molecule has 124 valence electrons. The molecule has 1 aromatic rings. The largest absolute Gasteiger partial charge is 0.387 e. The molecule has 0 radical (unpaired) electrons. The van der Waals surface area contributed by atoms with Gasteiger partial charge < -0.3 is 10.6 Å². The van der Waals surface area contributed by atoms with E-state index in [0.717, 1.165) is 19.5 Å². The standard InChI is InChI=1S/C21H30N2/c1-20(2)10-11-21(3,4)19-13-17(8-9-18(19)20)23-15-16-7-5-6-12-22-14-16/h5-6,8-9,13-14,22-23H,7,10-12,15H2,1-4H3. The van der Waals surface area contributed by atoms with Crippen molar-refractivity contribution in [3.05, 3.63) is 53.3 Å². The van der Waals surface area contributed by atoms with Gasteiger partial charge in [0, 0.05) is 18.8 Å². The normalized spacial score (nSPS) is 21.7. The molecule has 2 N–H and O–H groups in total. The van der Waals surface area contributed by atoms with E-state index in [9.17, 15) is 0 Å². The summed E-state index contributed by atoms with van der Waals surface area (Å²) in [5, 5.41) is 6.93. The van der Waals surface area contributed by atoms with E-state index in [1.807, 2.05) is 0 Å². The van der Waals surface area contributed by atoms with Crippen LogP contribution in [0.2, 0.25) is 0 Å². The average Bonchev–Trinajstić information content (AvgIpc) is 2.79. The van der Waals surface area contributed by atoms with Crippen molar-refractivity contribution in [3.63, 3.8) is 0 Å². The number of nitrogens with one attached hydrogen (secondary N) is 2. The number of anilines is 1. The lowest BCUT2D eigenvalue weighted by Gasteiger charge is -2.42. The van der Waals surface area contributed by atoms with Crippen LogP contribution in [0.4, 0.5) is 5.69 Å². The highest BCUT2D eigenvalue weighted by molar-refractivity contribution is 5.54. The van der Waals surface area contributed by atoms with E-state index < -0.39 is 0 Å². The first-order chi connectivity index (χ1) is 10.9. The molecule has 0 unspecified atom stereocenters. The molecular formula is C21H30N2. The monoisotopic (exact) mass is 310 g/mol. The number of rotatable bonds is 3. The molecule has 0 bridgehead atoms. The van der Waals surface area contributed by atoms with Crippen molar-refractivity contribution in [2.24, 2.45) is 0 Å². The van der Waals surface area contributed by atoms with Crippen molar-refractivity contribution >= 4 is 5.69 Å². The van der Waals surface area contributed by atoms with Gasteiger partial charge in [0.15, 0.2) is 0 Å². The van der Waals surface area contributed by atoms with E-state index in [1.165, 1.54) is 35.2 Å². The summed E-state index contributed by atoms with van der Waals surface area (Å²) < 4.78 is 0. The zero-order valence-corrected chi connectivity index (χ0v) is 15.0. The van der Waals surface area contributed by atoms with Crippen LogP contribution in [0.3, 0.4) is 0 Å². The van der Waals surface area contributed by atoms with Gasteiger partial charge in [-0.05, 0) is 65.1 Å². The van der Waals surface area contributed by atoms with Gasteiger partial charge in [-0.15, -0.1) is 0 Å². The first kappa shape index (κ1) is 16.2. The minimum Gasteiger partial charge on any atom is -0.387 e. The van der Waals surface area contributed by atoms with Gasteiger partial charge in [-0.3, -0.25) is 0 Å². The Morgan fingerprint density at radius 2 is 1.74 bits per heavy atom. The Balaban J connectivity index is 1.80. The third-order valence-corrected chi connectivity index (χ3v) is 5.46. The van der Waals surface area contributed by atoms with Crippen LogP contribution in [0.1, 0.15) is 58.1 Å². The van der Waals surface area contributed by atoms with Crippen LogP contribution in [0.5, 0.6) is 0 Å². The van der Waals surface area contributed by atoms with Crippen molar-refractivity contribution in [2.45, 2.75) is 57.8 Å². The summed E-state index contributed by atoms with van der Waals surface area (Å²) in [6, 6.07) is 6.98. The van der Waals surface area contributed by atoms with Crippen LogP contribution >= 0.6 is 0 Å². The molecule has 0 spiro atoms. The van der Waals surface area contributed by atoms with Gasteiger partial charge in [0.2, 0.25) is 0 Å². The van der Waals surface area contributed by atoms with Crippen LogP contribution in [0.15, 0.2) is 42.1 Å². The fraction of sp³-hybridized carbons (Fsp3) is 0.524. The molecule has 2 nitrogen and oxygen atoms in total. The molecule has 0 atom stereocenters. The summed E-state index contributed by atoms with van der Waals surface area (Å²) in [5.74, 6) is 0. The van der Waals surface area contributed by atoms with Gasteiger partial charge in [-0.2, -0.15) is 0 Å². The smallest absolute Gasteiger partial charge is 0.0380 e. The van der Waals surface area contributed by atoms with E-state index in [2.05, 4.69) is 74.9 Å². The molecule has 1 heterocycles. The zero-order chi connectivity index (χ0) is 16.5. The second-order valence-corrected chi connectivity index (χ2v) is 8.27. The Morgan fingerprint density at radius 3 is 2.52 bits per heavy atom. The molecule has 2 heteroatoms. The highest BCUT2D eigenvalue weighted by atomic mass is 14.9. The van der Waals surface area contributed by atoms with Gasteiger partial charge in [0.1, 0.15) is 0 Å². The fourth-order valence-corrected chi connectivity index (χ4v) is 3.69. The topological polar surface area (TPSA) is 24.1 Å². The van der Waals surface area contributed by atoms with E-state index in [4.69, 9.17) is 0 Å². The molecule has 0 amide bonds. The highest BCUT2D eigenvalue weighted by Crippen LogP contribution is 2.46. The molecule has 0 saturated carbocycles. The average molecular weight is 310 g/mol. The van der Waals surface area contributed by atoms with E-state index in [0.29, 0.717) is 5.41 Å². The highest BCUT2D eigenvalue weighted by Gasteiger charge is 2.36. The quantitative estimate of drug-likeness (QED) is 0.777. The number of allylic oxidation sites excluding steroid dienone is 1. The Morgan fingerprint density at radius 1 is 1.00 bits per heavy atom. The summed E-state index contributed by atoms with van der Waals surface area (Å²) in [6.45, 7) is 11.4. The van der Waals surface area contributed by atoms with Crippen molar-refractivity contribution in [2.75, 3.05) is 18.4 Å². The second kappa shape index (κ2) is 6.07. The van der Waals surface area contributed by atoms with Crippen molar-refractivity contribution in [1.29, 1.82) is 0 Å². The third kappa shape index (κ3) is 3.46. The predicted molar refractivity (Wildman–Crippen MR) is 100 cm³/mol. The molecule has 0 aromatic heterocycles. The molecule has 1 aromatic carbocycles. The maximum Gasteiger partial charge on any atom is 0.0380 e. The van der Waals surface area contributed by atoms with Crippen LogP contribution in [-0.2, 0) is 10.8 Å². The second-order valence-electron chi connectivity index (χ2n) is 8.27. The maximum atomic E-state index is 3.62. The number of hydrogen-bond donors (Lipinski definition) is 2. The summed E-state index contributed by atoms with van der Waals surface area (Å²) in [4.78, 5) is 0. The van der Waals surface area contributed by atoms with Crippen LogP contribution in [0, 0.1) is 0 Å². The van der Waals surface area contributed by atoms with Gasteiger partial charge >= 0.3 is 0 Å². The van der Waals surface area contributed by atoms with Crippen molar-refractivity contribution < 1.29 is 0 Å². The molecule has 3 rings (SSSR count). The minimum atomic E-state index is 0.272. The number of hydrogen-bond acceptors (Lipinski definition) is 2. The molecule has 0 saturated heterocycles. The summed E-state index contributed by atoms with van der Waals surface area (Å²) >= 11 is 0. The zero-order valence-electron chi connectivity index (χ0n) is 15.0. The minimum absolute atomic E-state index is 0.272. The molecule has 0 fully saturated rings. The van der Waals surface area contributed by atoms with E-state index in [1.54, 1.807) is 0 Å². The van der Waals surface area contributed by atoms with Gasteiger partial charge in [0.25, 0.3) is 0 Å². The molecule has 1 aliphatic carbocycles. The molecular weight excluding hydrogens is 280 g/mol. The van der Waals surface area contributed by atoms with Crippen LogP contribution in [0.25, 0.3) is 0 Å². The molecule has 1 aliphatic heterocycles. The Kier molecular flexibility index (Phi) is 4.27. The number of benzene rings is 1. The Bertz CT molecular complexity index is 635. The third-order valence-electron chi connectivity index (χ3n) is 5.46. The van der Waals surface area contributed by atoms with Gasteiger partial charge in [-0.1, -0.05) is 45.9 Å². The molecule has 23 heavy (non-hydrogen) atoms. The first-order valence-electron chi connectivity index (χ1n) is 8.84. The first-order valence-corrected chi connectivity index (χ1v) is 8.84. The summed E-state index contributed by atoms with van der Waals surface area (Å²) in [7, 11) is 0. The van der Waals surface area contributed by atoms with Crippen LogP contribution < -0.4 is 10.6 Å². The Hall–Kier alpha value is -1.70.